The van der Waals surface area contributed by atoms with Gasteiger partial charge in [-0.05, 0) is 39.8 Å². The molecule has 0 aliphatic heterocycles. The number of nitrogens with zero attached hydrogens (tertiary/aromatic N) is 2. The van der Waals surface area contributed by atoms with E-state index in [2.05, 4.69) is 62.1 Å². The minimum absolute atomic E-state index is 0.133. The van der Waals surface area contributed by atoms with Crippen molar-refractivity contribution in [3.05, 3.63) is 23.9 Å². The van der Waals surface area contributed by atoms with Crippen molar-refractivity contribution < 1.29 is 0 Å². The zero-order valence-corrected chi connectivity index (χ0v) is 11.0. The molecule has 0 aromatic carbocycles. The predicted octanol–water partition coefficient (Wildman–Crippen LogP) is 2.43. The molecule has 1 rings (SSSR count). The average Bonchev–Trinajstić information content (AvgIpc) is 2.25. The van der Waals surface area contributed by atoms with Crippen LogP contribution in [0.3, 0.4) is 0 Å². The van der Waals surface area contributed by atoms with Gasteiger partial charge in [0.15, 0.2) is 0 Å². The highest BCUT2D eigenvalue weighted by Crippen LogP contribution is 2.10. The van der Waals surface area contributed by atoms with E-state index in [0.29, 0.717) is 0 Å². The second-order valence-corrected chi connectivity index (χ2v) is 5.10. The first-order valence-corrected chi connectivity index (χ1v) is 5.84. The molecule has 0 spiro atoms. The van der Waals surface area contributed by atoms with Crippen molar-refractivity contribution >= 4 is 5.82 Å². The van der Waals surface area contributed by atoms with E-state index < -0.39 is 0 Å². The van der Waals surface area contributed by atoms with Crippen molar-refractivity contribution in [1.82, 2.24) is 10.3 Å². The number of hydrogen-bond acceptors (Lipinski definition) is 3. The van der Waals surface area contributed by atoms with Crippen LogP contribution < -0.4 is 10.2 Å². The Morgan fingerprint density at radius 3 is 2.56 bits per heavy atom. The van der Waals surface area contributed by atoms with Gasteiger partial charge in [0.1, 0.15) is 5.82 Å². The lowest BCUT2D eigenvalue weighted by molar-refractivity contribution is 0.421. The Kier molecular flexibility index (Phi) is 4.30. The minimum atomic E-state index is 0.133. The zero-order chi connectivity index (χ0) is 12.2. The standard InChI is InChI=1S/C13H23N3/c1-6-16(5)12-9-7-8-11(15-12)10-14-13(2,3)4/h7-9,14H,6,10H2,1-5H3. The Bertz CT molecular complexity index is 328. The van der Waals surface area contributed by atoms with Gasteiger partial charge in [-0.2, -0.15) is 0 Å². The van der Waals surface area contributed by atoms with Gasteiger partial charge in [0.2, 0.25) is 0 Å². The van der Waals surface area contributed by atoms with E-state index in [4.69, 9.17) is 0 Å². The first-order chi connectivity index (χ1) is 7.42. The van der Waals surface area contributed by atoms with Crippen molar-refractivity contribution in [1.29, 1.82) is 0 Å². The molecule has 1 aromatic heterocycles. The summed E-state index contributed by atoms with van der Waals surface area (Å²) >= 11 is 0. The minimum Gasteiger partial charge on any atom is -0.360 e. The summed E-state index contributed by atoms with van der Waals surface area (Å²) in [7, 11) is 2.06. The summed E-state index contributed by atoms with van der Waals surface area (Å²) in [4.78, 5) is 6.75. The molecular weight excluding hydrogens is 198 g/mol. The third kappa shape index (κ3) is 4.19. The van der Waals surface area contributed by atoms with Crippen LogP contribution >= 0.6 is 0 Å². The quantitative estimate of drug-likeness (QED) is 0.846. The molecule has 1 heterocycles. The van der Waals surface area contributed by atoms with Crippen molar-refractivity contribution in [3.8, 4) is 0 Å². The number of hydrogen-bond donors (Lipinski definition) is 1. The van der Waals surface area contributed by atoms with Crippen molar-refractivity contribution in [2.75, 3.05) is 18.5 Å². The molecule has 0 radical (unpaired) electrons. The van der Waals surface area contributed by atoms with E-state index in [1.165, 1.54) is 0 Å². The number of nitrogens with one attached hydrogen (secondary N) is 1. The van der Waals surface area contributed by atoms with Crippen LogP contribution in [0.2, 0.25) is 0 Å². The van der Waals surface area contributed by atoms with Gasteiger partial charge in [-0.15, -0.1) is 0 Å². The van der Waals surface area contributed by atoms with Gasteiger partial charge in [0, 0.05) is 25.7 Å². The van der Waals surface area contributed by atoms with Gasteiger partial charge in [-0.1, -0.05) is 6.07 Å². The van der Waals surface area contributed by atoms with Gasteiger partial charge in [-0.25, -0.2) is 4.98 Å². The zero-order valence-electron chi connectivity index (χ0n) is 11.0. The summed E-state index contributed by atoms with van der Waals surface area (Å²) < 4.78 is 0. The summed E-state index contributed by atoms with van der Waals surface area (Å²) in [5, 5.41) is 3.44. The summed E-state index contributed by atoms with van der Waals surface area (Å²) in [6, 6.07) is 6.17. The van der Waals surface area contributed by atoms with E-state index in [1.54, 1.807) is 0 Å². The maximum Gasteiger partial charge on any atom is 0.128 e. The topological polar surface area (TPSA) is 28.2 Å². The van der Waals surface area contributed by atoms with Gasteiger partial charge in [-0.3, -0.25) is 0 Å². The molecule has 0 amide bonds. The van der Waals surface area contributed by atoms with Crippen molar-refractivity contribution in [3.63, 3.8) is 0 Å². The van der Waals surface area contributed by atoms with Gasteiger partial charge >= 0.3 is 0 Å². The fourth-order valence-electron chi connectivity index (χ4n) is 1.30. The van der Waals surface area contributed by atoms with Crippen LogP contribution in [-0.2, 0) is 6.54 Å². The molecule has 0 aliphatic rings. The van der Waals surface area contributed by atoms with Crippen molar-refractivity contribution in [2.45, 2.75) is 39.8 Å². The monoisotopic (exact) mass is 221 g/mol. The van der Waals surface area contributed by atoms with E-state index in [9.17, 15) is 0 Å². The molecule has 0 saturated heterocycles. The number of aromatic nitrogens is 1. The first-order valence-electron chi connectivity index (χ1n) is 5.84. The van der Waals surface area contributed by atoms with Crippen LogP contribution in [0.4, 0.5) is 5.82 Å². The molecule has 0 atom stereocenters. The van der Waals surface area contributed by atoms with E-state index in [1.807, 2.05) is 6.07 Å². The lowest BCUT2D eigenvalue weighted by Gasteiger charge is -2.21. The van der Waals surface area contributed by atoms with Gasteiger partial charge in [0.25, 0.3) is 0 Å². The highest BCUT2D eigenvalue weighted by Gasteiger charge is 2.09. The fourth-order valence-corrected chi connectivity index (χ4v) is 1.30. The summed E-state index contributed by atoms with van der Waals surface area (Å²) in [6.07, 6.45) is 0. The highest BCUT2D eigenvalue weighted by atomic mass is 15.2. The summed E-state index contributed by atoms with van der Waals surface area (Å²) in [6.45, 7) is 10.4. The third-order valence-electron chi connectivity index (χ3n) is 2.46. The average molecular weight is 221 g/mol. The Balaban J connectivity index is 2.68. The molecule has 90 valence electrons. The predicted molar refractivity (Wildman–Crippen MR) is 69.8 cm³/mol. The third-order valence-corrected chi connectivity index (χ3v) is 2.46. The van der Waals surface area contributed by atoms with Gasteiger partial charge in [0.05, 0.1) is 5.69 Å². The largest absolute Gasteiger partial charge is 0.360 e. The Hall–Kier alpha value is -1.09. The smallest absolute Gasteiger partial charge is 0.128 e. The molecule has 1 aromatic rings. The molecule has 0 fully saturated rings. The molecule has 16 heavy (non-hydrogen) atoms. The van der Waals surface area contributed by atoms with Crippen LogP contribution in [0.5, 0.6) is 0 Å². The van der Waals surface area contributed by atoms with E-state index in [0.717, 1.165) is 24.6 Å². The van der Waals surface area contributed by atoms with Crippen LogP contribution in [0, 0.1) is 0 Å². The number of anilines is 1. The molecule has 0 bridgehead atoms. The second-order valence-electron chi connectivity index (χ2n) is 5.10. The molecule has 1 N–H and O–H groups in total. The van der Waals surface area contributed by atoms with E-state index in [-0.39, 0.29) is 5.54 Å². The van der Waals surface area contributed by atoms with Crippen LogP contribution in [-0.4, -0.2) is 24.1 Å². The van der Waals surface area contributed by atoms with E-state index >= 15 is 0 Å². The van der Waals surface area contributed by atoms with Crippen molar-refractivity contribution in [2.24, 2.45) is 0 Å². The second kappa shape index (κ2) is 5.30. The number of rotatable bonds is 4. The van der Waals surface area contributed by atoms with Gasteiger partial charge < -0.3 is 10.2 Å². The number of pyridine rings is 1. The lowest BCUT2D eigenvalue weighted by atomic mass is 10.1. The Morgan fingerprint density at radius 2 is 2.00 bits per heavy atom. The molecule has 3 nitrogen and oxygen atoms in total. The SMILES string of the molecule is CCN(C)c1cccc(CNC(C)(C)C)n1. The lowest BCUT2D eigenvalue weighted by Crippen LogP contribution is -2.35. The summed E-state index contributed by atoms with van der Waals surface area (Å²) in [5.41, 5.74) is 1.22. The normalized spacial score (nSPS) is 11.6. The van der Waals surface area contributed by atoms with Crippen LogP contribution in [0.1, 0.15) is 33.4 Å². The fraction of sp³-hybridized carbons (Fsp3) is 0.615. The van der Waals surface area contributed by atoms with Crippen LogP contribution in [0.25, 0.3) is 0 Å². The highest BCUT2D eigenvalue weighted by molar-refractivity contribution is 5.37. The maximum atomic E-state index is 4.61. The molecule has 3 heteroatoms. The van der Waals surface area contributed by atoms with Crippen LogP contribution in [0.15, 0.2) is 18.2 Å². The molecule has 0 unspecified atom stereocenters. The Morgan fingerprint density at radius 1 is 1.31 bits per heavy atom. The molecule has 0 saturated carbocycles. The maximum absolute atomic E-state index is 4.61. The Labute approximate surface area is 98.9 Å². The molecule has 0 aliphatic carbocycles. The first kappa shape index (κ1) is 13.0. The molecular formula is C13H23N3. The summed E-state index contributed by atoms with van der Waals surface area (Å²) in [5.74, 6) is 1.04.